The van der Waals surface area contributed by atoms with Gasteiger partial charge in [-0.25, -0.2) is 0 Å². The minimum Gasteiger partial charge on any atom is -0.330 e. The molecular formula is C13H18BrN3O. The van der Waals surface area contributed by atoms with Crippen LogP contribution in [0.2, 0.25) is 0 Å². The Kier molecular flexibility index (Phi) is 4.74. The summed E-state index contributed by atoms with van der Waals surface area (Å²) in [6, 6.07) is 7.59. The van der Waals surface area contributed by atoms with E-state index in [1.54, 1.807) is 0 Å². The largest absolute Gasteiger partial charge is 0.330 e. The van der Waals surface area contributed by atoms with Gasteiger partial charge >= 0.3 is 0 Å². The summed E-state index contributed by atoms with van der Waals surface area (Å²) in [4.78, 5) is 14.0. The Morgan fingerprint density at radius 2 is 2.17 bits per heavy atom. The first-order chi connectivity index (χ1) is 8.67. The first-order valence-corrected chi connectivity index (χ1v) is 6.94. The lowest BCUT2D eigenvalue weighted by atomic mass is 10.1. The maximum Gasteiger partial charge on any atom is 0.238 e. The van der Waals surface area contributed by atoms with Gasteiger partial charge in [-0.15, -0.1) is 0 Å². The molecule has 1 aliphatic rings. The van der Waals surface area contributed by atoms with Crippen LogP contribution in [0, 0.1) is 5.92 Å². The number of nitrogens with two attached hydrogens (primary N) is 1. The molecule has 3 N–H and O–H groups in total. The SMILES string of the molecule is NCC1CCN(CC(=O)Nc2ccc(Br)cc2)C1. The van der Waals surface area contributed by atoms with Crippen molar-refractivity contribution < 1.29 is 4.79 Å². The Morgan fingerprint density at radius 1 is 1.44 bits per heavy atom. The number of benzene rings is 1. The number of nitrogens with zero attached hydrogens (tertiary/aromatic N) is 1. The smallest absolute Gasteiger partial charge is 0.238 e. The van der Waals surface area contributed by atoms with Crippen molar-refractivity contribution >= 4 is 27.5 Å². The van der Waals surface area contributed by atoms with Gasteiger partial charge in [0.1, 0.15) is 0 Å². The van der Waals surface area contributed by atoms with Gasteiger partial charge < -0.3 is 11.1 Å². The highest BCUT2D eigenvalue weighted by molar-refractivity contribution is 9.10. The van der Waals surface area contributed by atoms with Gasteiger partial charge in [0.2, 0.25) is 5.91 Å². The van der Waals surface area contributed by atoms with Crippen LogP contribution < -0.4 is 11.1 Å². The van der Waals surface area contributed by atoms with Crippen LogP contribution in [0.25, 0.3) is 0 Å². The van der Waals surface area contributed by atoms with Crippen molar-refractivity contribution in [2.24, 2.45) is 11.7 Å². The topological polar surface area (TPSA) is 58.4 Å². The van der Waals surface area contributed by atoms with Crippen LogP contribution in [0.1, 0.15) is 6.42 Å². The number of likely N-dealkylation sites (tertiary alicyclic amines) is 1. The van der Waals surface area contributed by atoms with Gasteiger partial charge in [-0.3, -0.25) is 9.69 Å². The lowest BCUT2D eigenvalue weighted by molar-refractivity contribution is -0.117. The standard InChI is InChI=1S/C13H18BrN3O/c14-11-1-3-12(4-2-11)16-13(18)9-17-6-5-10(7-15)8-17/h1-4,10H,5-9,15H2,(H,16,18). The molecule has 1 aromatic rings. The number of carbonyl (C=O) groups is 1. The number of carbonyl (C=O) groups excluding carboxylic acids is 1. The summed E-state index contributed by atoms with van der Waals surface area (Å²) < 4.78 is 1.01. The van der Waals surface area contributed by atoms with E-state index < -0.39 is 0 Å². The zero-order valence-electron chi connectivity index (χ0n) is 10.2. The summed E-state index contributed by atoms with van der Waals surface area (Å²) in [6.45, 7) is 3.07. The fourth-order valence-corrected chi connectivity index (χ4v) is 2.45. The van der Waals surface area contributed by atoms with Gasteiger partial charge in [-0.05, 0) is 49.7 Å². The molecule has 4 nitrogen and oxygen atoms in total. The highest BCUT2D eigenvalue weighted by Gasteiger charge is 2.22. The van der Waals surface area contributed by atoms with Gasteiger partial charge in [-0.1, -0.05) is 15.9 Å². The molecule has 0 radical (unpaired) electrons. The number of hydrogen-bond acceptors (Lipinski definition) is 3. The second-order valence-electron chi connectivity index (χ2n) is 4.68. The molecule has 0 aromatic heterocycles. The summed E-state index contributed by atoms with van der Waals surface area (Å²) >= 11 is 3.36. The first-order valence-electron chi connectivity index (χ1n) is 6.15. The quantitative estimate of drug-likeness (QED) is 0.889. The Morgan fingerprint density at radius 3 is 2.78 bits per heavy atom. The number of rotatable bonds is 4. The number of anilines is 1. The van der Waals surface area contributed by atoms with Crippen molar-refractivity contribution in [2.45, 2.75) is 6.42 Å². The van der Waals surface area contributed by atoms with Crippen molar-refractivity contribution in [3.8, 4) is 0 Å². The highest BCUT2D eigenvalue weighted by atomic mass is 79.9. The van der Waals surface area contributed by atoms with Crippen LogP contribution in [0.15, 0.2) is 28.7 Å². The molecule has 1 heterocycles. The van der Waals surface area contributed by atoms with E-state index in [-0.39, 0.29) is 5.91 Å². The lowest BCUT2D eigenvalue weighted by Crippen LogP contribution is -2.32. The van der Waals surface area contributed by atoms with Crippen molar-refractivity contribution in [3.05, 3.63) is 28.7 Å². The summed E-state index contributed by atoms with van der Waals surface area (Å²) in [7, 11) is 0. The van der Waals surface area contributed by atoms with Gasteiger partial charge in [0.05, 0.1) is 6.54 Å². The van der Waals surface area contributed by atoms with Crippen LogP contribution in [0.4, 0.5) is 5.69 Å². The third-order valence-electron chi connectivity index (χ3n) is 3.20. The van der Waals surface area contributed by atoms with Crippen LogP contribution >= 0.6 is 15.9 Å². The van der Waals surface area contributed by atoms with Gasteiger partial charge in [-0.2, -0.15) is 0 Å². The van der Waals surface area contributed by atoms with E-state index in [4.69, 9.17) is 5.73 Å². The van der Waals surface area contributed by atoms with E-state index in [1.165, 1.54) is 0 Å². The van der Waals surface area contributed by atoms with Crippen LogP contribution in [0.3, 0.4) is 0 Å². The van der Waals surface area contributed by atoms with Crippen LogP contribution in [0.5, 0.6) is 0 Å². The summed E-state index contributed by atoms with van der Waals surface area (Å²) in [5, 5.41) is 2.90. The van der Waals surface area contributed by atoms with E-state index in [0.29, 0.717) is 19.0 Å². The predicted octanol–water partition coefficient (Wildman–Crippen LogP) is 1.67. The molecule has 1 amide bonds. The summed E-state index contributed by atoms with van der Waals surface area (Å²) in [5.41, 5.74) is 6.46. The molecule has 1 saturated heterocycles. The zero-order valence-corrected chi connectivity index (χ0v) is 11.8. The van der Waals surface area contributed by atoms with Crippen LogP contribution in [-0.2, 0) is 4.79 Å². The fraction of sp³-hybridized carbons (Fsp3) is 0.462. The molecule has 1 aliphatic heterocycles. The maximum absolute atomic E-state index is 11.9. The minimum atomic E-state index is 0.0370. The molecular weight excluding hydrogens is 294 g/mol. The molecule has 1 aromatic carbocycles. The highest BCUT2D eigenvalue weighted by Crippen LogP contribution is 2.16. The molecule has 0 spiro atoms. The number of halogens is 1. The Labute approximate surface area is 116 Å². The number of amides is 1. The summed E-state index contributed by atoms with van der Waals surface area (Å²) in [5.74, 6) is 0.584. The van der Waals surface area contributed by atoms with Gasteiger partial charge in [0, 0.05) is 16.7 Å². The van der Waals surface area contributed by atoms with E-state index >= 15 is 0 Å². The first kappa shape index (κ1) is 13.5. The lowest BCUT2D eigenvalue weighted by Gasteiger charge is -2.15. The monoisotopic (exact) mass is 311 g/mol. The van der Waals surface area contributed by atoms with Gasteiger partial charge in [0.25, 0.3) is 0 Å². The molecule has 2 rings (SSSR count). The average molecular weight is 312 g/mol. The molecule has 0 aliphatic carbocycles. The average Bonchev–Trinajstić information content (AvgIpc) is 2.79. The van der Waals surface area contributed by atoms with E-state index in [2.05, 4.69) is 26.1 Å². The van der Waals surface area contributed by atoms with Crippen molar-refractivity contribution in [2.75, 3.05) is 31.5 Å². The Bertz CT molecular complexity index is 407. The molecule has 1 atom stereocenters. The third kappa shape index (κ3) is 3.80. The zero-order chi connectivity index (χ0) is 13.0. The molecule has 18 heavy (non-hydrogen) atoms. The van der Waals surface area contributed by atoms with Crippen molar-refractivity contribution in [3.63, 3.8) is 0 Å². The third-order valence-corrected chi connectivity index (χ3v) is 3.73. The Balaban J connectivity index is 1.80. The number of hydrogen-bond donors (Lipinski definition) is 2. The number of nitrogens with one attached hydrogen (secondary N) is 1. The molecule has 98 valence electrons. The van der Waals surface area contributed by atoms with Crippen LogP contribution in [-0.4, -0.2) is 37.0 Å². The van der Waals surface area contributed by atoms with E-state index in [0.717, 1.165) is 29.7 Å². The van der Waals surface area contributed by atoms with E-state index in [9.17, 15) is 4.79 Å². The summed E-state index contributed by atoms with van der Waals surface area (Å²) in [6.07, 6.45) is 1.10. The predicted molar refractivity (Wildman–Crippen MR) is 76.4 cm³/mol. The second-order valence-corrected chi connectivity index (χ2v) is 5.60. The molecule has 0 bridgehead atoms. The van der Waals surface area contributed by atoms with E-state index in [1.807, 2.05) is 24.3 Å². The fourth-order valence-electron chi connectivity index (χ4n) is 2.19. The van der Waals surface area contributed by atoms with Gasteiger partial charge in [0.15, 0.2) is 0 Å². The molecule has 1 unspecified atom stereocenters. The normalized spacial score (nSPS) is 20.0. The molecule has 5 heteroatoms. The molecule has 1 fully saturated rings. The Hall–Kier alpha value is -0.910. The maximum atomic E-state index is 11.9. The molecule has 0 saturated carbocycles. The van der Waals surface area contributed by atoms with Crippen molar-refractivity contribution in [1.82, 2.24) is 4.90 Å². The van der Waals surface area contributed by atoms with Crippen molar-refractivity contribution in [1.29, 1.82) is 0 Å². The minimum absolute atomic E-state index is 0.0370. The second kappa shape index (κ2) is 6.31.